The van der Waals surface area contributed by atoms with E-state index in [1.807, 2.05) is 0 Å². The molecule has 55 heavy (non-hydrogen) atoms. The van der Waals surface area contributed by atoms with Crippen molar-refractivity contribution in [2.75, 3.05) is 0 Å². The highest BCUT2D eigenvalue weighted by atomic mass is 14.6. The normalized spacial score (nSPS) is 57.7. The topological polar surface area (TPSA) is 0 Å². The molecular formula is C55H92. The van der Waals surface area contributed by atoms with Crippen LogP contribution < -0.4 is 0 Å². The molecule has 18 fully saturated rings. The third-order valence-corrected chi connectivity index (χ3v) is 22.3. The van der Waals surface area contributed by atoms with Gasteiger partial charge in [0.2, 0.25) is 0 Å². The number of hydrogen-bond donors (Lipinski definition) is 0. The molecule has 0 aromatic rings. The second-order valence-corrected chi connectivity index (χ2v) is 27.2. The Kier molecular flexibility index (Phi) is 10.4. The highest BCUT2D eigenvalue weighted by Crippen LogP contribution is 2.67. The second kappa shape index (κ2) is 14.6. The van der Waals surface area contributed by atoms with Crippen LogP contribution in [-0.2, 0) is 0 Å². The number of rotatable bonds is 3. The number of fused-ring (bicyclic) bond motifs is 2. The van der Waals surface area contributed by atoms with Gasteiger partial charge in [-0.1, -0.05) is 67.2 Å². The van der Waals surface area contributed by atoms with Gasteiger partial charge >= 0.3 is 0 Å². The summed E-state index contributed by atoms with van der Waals surface area (Å²) in [6.45, 7) is 14.8. The van der Waals surface area contributed by atoms with Crippen LogP contribution in [0.5, 0.6) is 0 Å². The van der Waals surface area contributed by atoms with E-state index < -0.39 is 0 Å². The van der Waals surface area contributed by atoms with Crippen molar-refractivity contribution in [2.24, 2.45) is 110 Å². The Morgan fingerprint density at radius 2 is 0.782 bits per heavy atom. The fourth-order valence-corrected chi connectivity index (χ4v) is 21.7. The van der Waals surface area contributed by atoms with Crippen LogP contribution >= 0.6 is 0 Å². The molecule has 0 aliphatic heterocycles. The summed E-state index contributed by atoms with van der Waals surface area (Å²) in [5, 5.41) is 0. The molecule has 18 aliphatic rings. The van der Waals surface area contributed by atoms with Gasteiger partial charge in [-0.3, -0.25) is 0 Å². The summed E-state index contributed by atoms with van der Waals surface area (Å²) in [5.74, 6) is 16.0. The van der Waals surface area contributed by atoms with Gasteiger partial charge in [0.1, 0.15) is 0 Å². The molecular weight excluding hydrogens is 661 g/mol. The molecule has 7 atom stereocenters. The molecule has 18 aliphatic carbocycles. The SMILES string of the molecule is CC12CC3CC(CC(C3)C1)C2.CC12CC3CC(CC1C3)C2.CCC12CC3CC(CC(C)(C3)C1)C2.CCC12CC3CC(CC(C3)C1)C2.CCC1CC2CCC1C2. The maximum absolute atomic E-state index is 2.56. The molecule has 0 aromatic carbocycles. The first-order valence-electron chi connectivity index (χ1n) is 26.3. The molecule has 0 amide bonds. The fraction of sp³-hybridized carbons (Fsp3) is 1.00. The molecule has 0 radical (unpaired) electrons. The standard InChI is InChI=1S/C13H22.C12H20.C11H18.C10H16.C9H16/c1-3-13-7-10-4-11(8-13)6-12(2,5-10)9-13;1-2-12-6-9-3-10(7-12)5-11(4-9)8-12;1-11-5-8-2-9(6-11)4-10(3-8)7-11;1-10-5-7-2-8(6-10)4-9(10)3-7;1-2-8-5-7-3-4-9(8)6-7/h10-11H,3-9H2,1-2H3;9-11H,2-8H2,1H3;8-10H,2-7H2,1H3;7-9H,2-6H2,1H3;7-9H,2-6H2,1H3. The van der Waals surface area contributed by atoms with E-state index in [-0.39, 0.29) is 0 Å². The predicted octanol–water partition coefficient (Wildman–Crippen LogP) is 16.5. The first-order chi connectivity index (χ1) is 26.3. The van der Waals surface area contributed by atoms with Crippen molar-refractivity contribution in [3.8, 4) is 0 Å². The lowest BCUT2D eigenvalue weighted by atomic mass is 9.44. The van der Waals surface area contributed by atoms with Crippen LogP contribution in [0.3, 0.4) is 0 Å². The van der Waals surface area contributed by atoms with E-state index in [4.69, 9.17) is 0 Å². The van der Waals surface area contributed by atoms with Crippen LogP contribution in [0.4, 0.5) is 0 Å². The predicted molar refractivity (Wildman–Crippen MR) is 234 cm³/mol. The molecule has 0 heteroatoms. The van der Waals surface area contributed by atoms with Crippen molar-refractivity contribution in [1.29, 1.82) is 0 Å². The van der Waals surface area contributed by atoms with Crippen molar-refractivity contribution in [3.63, 3.8) is 0 Å². The van der Waals surface area contributed by atoms with Crippen molar-refractivity contribution in [3.05, 3.63) is 0 Å². The van der Waals surface area contributed by atoms with Crippen molar-refractivity contribution < 1.29 is 0 Å². The van der Waals surface area contributed by atoms with Crippen molar-refractivity contribution >= 4 is 0 Å². The van der Waals surface area contributed by atoms with Gasteiger partial charge in [-0.2, -0.15) is 0 Å². The molecule has 0 N–H and O–H groups in total. The quantitative estimate of drug-likeness (QED) is 0.269. The van der Waals surface area contributed by atoms with Gasteiger partial charge in [-0.05, 0) is 277 Å². The maximum Gasteiger partial charge on any atom is -0.0290 e. The zero-order chi connectivity index (χ0) is 37.8. The lowest BCUT2D eigenvalue weighted by Gasteiger charge is -2.61. The maximum atomic E-state index is 2.56. The lowest BCUT2D eigenvalue weighted by molar-refractivity contribution is -0.103. The first kappa shape index (κ1) is 39.2. The van der Waals surface area contributed by atoms with E-state index in [1.54, 1.807) is 173 Å². The minimum absolute atomic E-state index is 0.764. The van der Waals surface area contributed by atoms with Crippen LogP contribution in [0.1, 0.15) is 234 Å². The molecule has 0 heterocycles. The summed E-state index contributed by atoms with van der Waals surface area (Å²) in [6.07, 6.45) is 47.0. The van der Waals surface area contributed by atoms with E-state index >= 15 is 0 Å². The highest BCUT2D eigenvalue weighted by molar-refractivity contribution is 5.07. The zero-order valence-electron chi connectivity index (χ0n) is 37.8. The largest absolute Gasteiger partial charge is 0.0651 e. The highest BCUT2D eigenvalue weighted by Gasteiger charge is 2.56. The van der Waals surface area contributed by atoms with E-state index in [9.17, 15) is 0 Å². The average Bonchev–Trinajstić information content (AvgIpc) is 3.84. The van der Waals surface area contributed by atoms with E-state index in [1.165, 1.54) is 19.3 Å². The Hall–Kier alpha value is 0. The minimum Gasteiger partial charge on any atom is -0.0651 e. The third-order valence-electron chi connectivity index (χ3n) is 22.3. The summed E-state index contributed by atoms with van der Waals surface area (Å²) in [5.41, 5.74) is 4.04. The monoisotopic (exact) mass is 753 g/mol. The van der Waals surface area contributed by atoms with E-state index in [0.717, 1.165) is 110 Å². The Morgan fingerprint density at radius 1 is 0.364 bits per heavy atom. The van der Waals surface area contributed by atoms with Gasteiger partial charge in [0.05, 0.1) is 0 Å². The fourth-order valence-electron chi connectivity index (χ4n) is 21.7. The van der Waals surface area contributed by atoms with Crippen LogP contribution in [0.2, 0.25) is 0 Å². The molecule has 0 saturated heterocycles. The van der Waals surface area contributed by atoms with Crippen molar-refractivity contribution in [2.45, 2.75) is 234 Å². The van der Waals surface area contributed by atoms with Crippen LogP contribution in [0.25, 0.3) is 0 Å². The molecule has 18 rings (SSSR count). The molecule has 0 spiro atoms. The first-order valence-corrected chi connectivity index (χ1v) is 26.3. The summed E-state index contributed by atoms with van der Waals surface area (Å²) < 4.78 is 0. The van der Waals surface area contributed by atoms with Gasteiger partial charge < -0.3 is 0 Å². The summed E-state index contributed by atoms with van der Waals surface area (Å²) in [6, 6.07) is 0. The molecule has 18 saturated carbocycles. The summed E-state index contributed by atoms with van der Waals surface area (Å²) in [4.78, 5) is 0. The molecule has 312 valence electrons. The Labute approximate surface area is 342 Å². The Morgan fingerprint density at radius 3 is 1.11 bits per heavy atom. The van der Waals surface area contributed by atoms with Gasteiger partial charge in [0, 0.05) is 0 Å². The third kappa shape index (κ3) is 7.78. The van der Waals surface area contributed by atoms with E-state index in [2.05, 4.69) is 41.5 Å². The molecule has 0 nitrogen and oxygen atoms in total. The Balaban J connectivity index is 0.0000000851. The molecule has 7 unspecified atom stereocenters. The van der Waals surface area contributed by atoms with Gasteiger partial charge in [-0.15, -0.1) is 0 Å². The summed E-state index contributed by atoms with van der Waals surface area (Å²) >= 11 is 0. The smallest absolute Gasteiger partial charge is 0.0290 e. The van der Waals surface area contributed by atoms with Crippen molar-refractivity contribution in [1.82, 2.24) is 0 Å². The Bertz CT molecular complexity index is 1250. The van der Waals surface area contributed by atoms with Crippen LogP contribution in [-0.4, -0.2) is 0 Å². The molecule has 0 aromatic heterocycles. The van der Waals surface area contributed by atoms with Gasteiger partial charge in [-0.25, -0.2) is 0 Å². The van der Waals surface area contributed by atoms with Crippen LogP contribution in [0.15, 0.2) is 0 Å². The molecule has 18 bridgehead atoms. The second-order valence-electron chi connectivity index (χ2n) is 27.2. The average molecular weight is 753 g/mol. The van der Waals surface area contributed by atoms with Crippen LogP contribution in [0, 0.1) is 110 Å². The summed E-state index contributed by atoms with van der Waals surface area (Å²) in [7, 11) is 0. The van der Waals surface area contributed by atoms with Gasteiger partial charge in [0.25, 0.3) is 0 Å². The minimum atomic E-state index is 0.764. The number of hydrogen-bond acceptors (Lipinski definition) is 0. The van der Waals surface area contributed by atoms with Gasteiger partial charge in [0.15, 0.2) is 0 Å². The zero-order valence-corrected chi connectivity index (χ0v) is 37.8. The lowest BCUT2D eigenvalue weighted by Crippen LogP contribution is -2.50. The van der Waals surface area contributed by atoms with E-state index in [0.29, 0.717) is 0 Å².